The molecule has 0 saturated heterocycles. The summed E-state index contributed by atoms with van der Waals surface area (Å²) in [6, 6.07) is 9.18. The number of carbonyl (C=O) groups excluding carboxylic acids is 1. The van der Waals surface area contributed by atoms with E-state index in [1.54, 1.807) is 18.2 Å². The van der Waals surface area contributed by atoms with Crippen molar-refractivity contribution in [2.75, 3.05) is 6.61 Å². The second-order valence-electron chi connectivity index (χ2n) is 3.16. The van der Waals surface area contributed by atoms with Crippen LogP contribution in [0, 0.1) is 11.3 Å². The minimum atomic E-state index is -0.00844. The minimum absolute atomic E-state index is 0.00844. The molecule has 0 amide bonds. The third kappa shape index (κ3) is 3.43. The molecule has 0 N–H and O–H groups in total. The molecule has 1 aromatic rings. The first-order chi connectivity index (χ1) is 7.25. The standard InChI is InChI=1S/C12H13NO2/c1-10(14)11-6-2-3-7-12(11)15-9-5-4-8-13/h2-3,6-7H,4-5,9H2,1H3. The Morgan fingerprint density at radius 2 is 2.20 bits per heavy atom. The number of benzene rings is 1. The third-order valence-electron chi connectivity index (χ3n) is 1.96. The van der Waals surface area contributed by atoms with Crippen LogP contribution in [-0.2, 0) is 0 Å². The van der Waals surface area contributed by atoms with E-state index in [-0.39, 0.29) is 5.78 Å². The van der Waals surface area contributed by atoms with E-state index < -0.39 is 0 Å². The Balaban J connectivity index is 2.60. The van der Waals surface area contributed by atoms with Gasteiger partial charge in [-0.05, 0) is 25.5 Å². The smallest absolute Gasteiger partial charge is 0.163 e. The quantitative estimate of drug-likeness (QED) is 0.546. The molecule has 0 aromatic heterocycles. The Kier molecular flexibility index (Phi) is 4.36. The molecule has 0 bridgehead atoms. The van der Waals surface area contributed by atoms with Gasteiger partial charge in [-0.1, -0.05) is 12.1 Å². The summed E-state index contributed by atoms with van der Waals surface area (Å²) in [5, 5.41) is 8.35. The van der Waals surface area contributed by atoms with Gasteiger partial charge < -0.3 is 4.74 Å². The van der Waals surface area contributed by atoms with Crippen molar-refractivity contribution >= 4 is 5.78 Å². The number of rotatable bonds is 5. The molecule has 1 rings (SSSR count). The van der Waals surface area contributed by atoms with Gasteiger partial charge in [0.05, 0.1) is 18.2 Å². The zero-order chi connectivity index (χ0) is 11.1. The molecule has 0 heterocycles. The van der Waals surface area contributed by atoms with Gasteiger partial charge in [0.2, 0.25) is 0 Å². The Morgan fingerprint density at radius 3 is 2.87 bits per heavy atom. The lowest BCUT2D eigenvalue weighted by atomic mass is 10.1. The molecule has 0 spiro atoms. The summed E-state index contributed by atoms with van der Waals surface area (Å²) in [6.45, 7) is 1.98. The Labute approximate surface area is 89.3 Å². The highest BCUT2D eigenvalue weighted by molar-refractivity contribution is 5.96. The van der Waals surface area contributed by atoms with Crippen molar-refractivity contribution in [2.45, 2.75) is 19.8 Å². The summed E-state index contributed by atoms with van der Waals surface area (Å²) in [7, 11) is 0. The summed E-state index contributed by atoms with van der Waals surface area (Å²) >= 11 is 0. The van der Waals surface area contributed by atoms with Crippen LogP contribution in [0.1, 0.15) is 30.1 Å². The number of hydrogen-bond donors (Lipinski definition) is 0. The maximum absolute atomic E-state index is 11.2. The van der Waals surface area contributed by atoms with Gasteiger partial charge in [0, 0.05) is 6.42 Å². The van der Waals surface area contributed by atoms with Crippen molar-refractivity contribution < 1.29 is 9.53 Å². The number of unbranched alkanes of at least 4 members (excludes halogenated alkanes) is 1. The largest absolute Gasteiger partial charge is 0.493 e. The molecule has 15 heavy (non-hydrogen) atoms. The van der Waals surface area contributed by atoms with Gasteiger partial charge >= 0.3 is 0 Å². The molecule has 1 aromatic carbocycles. The van der Waals surface area contributed by atoms with Crippen molar-refractivity contribution in [3.8, 4) is 11.8 Å². The summed E-state index contributed by atoms with van der Waals surface area (Å²) < 4.78 is 5.43. The van der Waals surface area contributed by atoms with E-state index in [9.17, 15) is 4.79 Å². The van der Waals surface area contributed by atoms with Crippen LogP contribution in [0.5, 0.6) is 5.75 Å². The van der Waals surface area contributed by atoms with Crippen LogP contribution in [0.4, 0.5) is 0 Å². The highest BCUT2D eigenvalue weighted by atomic mass is 16.5. The fourth-order valence-electron chi connectivity index (χ4n) is 1.22. The van der Waals surface area contributed by atoms with Gasteiger partial charge in [0.1, 0.15) is 5.75 Å². The van der Waals surface area contributed by atoms with E-state index in [2.05, 4.69) is 0 Å². The molecule has 0 fully saturated rings. The van der Waals surface area contributed by atoms with Crippen molar-refractivity contribution in [3.05, 3.63) is 29.8 Å². The maximum Gasteiger partial charge on any atom is 0.163 e. The summed E-state index contributed by atoms with van der Waals surface area (Å²) in [6.07, 6.45) is 1.16. The zero-order valence-electron chi connectivity index (χ0n) is 8.69. The van der Waals surface area contributed by atoms with Crippen molar-refractivity contribution in [1.29, 1.82) is 5.26 Å². The van der Waals surface area contributed by atoms with Crippen LogP contribution in [0.25, 0.3) is 0 Å². The van der Waals surface area contributed by atoms with Crippen LogP contribution >= 0.6 is 0 Å². The number of Topliss-reactive ketones (excluding diaryl/α,β-unsaturated/α-hetero) is 1. The van der Waals surface area contributed by atoms with E-state index >= 15 is 0 Å². The molecular weight excluding hydrogens is 190 g/mol. The Bertz CT molecular complexity index is 379. The van der Waals surface area contributed by atoms with Crippen molar-refractivity contribution in [2.24, 2.45) is 0 Å². The molecular formula is C12H13NO2. The molecule has 78 valence electrons. The van der Waals surface area contributed by atoms with Gasteiger partial charge in [0.25, 0.3) is 0 Å². The predicted molar refractivity (Wildman–Crippen MR) is 56.8 cm³/mol. The molecule has 3 heteroatoms. The number of ketones is 1. The van der Waals surface area contributed by atoms with Crippen LogP contribution in [0.15, 0.2) is 24.3 Å². The van der Waals surface area contributed by atoms with Crippen LogP contribution < -0.4 is 4.74 Å². The molecule has 3 nitrogen and oxygen atoms in total. The highest BCUT2D eigenvalue weighted by Gasteiger charge is 2.06. The Hall–Kier alpha value is -1.82. The van der Waals surface area contributed by atoms with Crippen molar-refractivity contribution in [3.63, 3.8) is 0 Å². The number of nitriles is 1. The first kappa shape index (κ1) is 11.3. The van der Waals surface area contributed by atoms with Crippen LogP contribution in [0.3, 0.4) is 0 Å². The lowest BCUT2D eigenvalue weighted by molar-refractivity contribution is 0.101. The van der Waals surface area contributed by atoms with E-state index in [4.69, 9.17) is 10.00 Å². The number of hydrogen-bond acceptors (Lipinski definition) is 3. The SMILES string of the molecule is CC(=O)c1ccccc1OCCCC#N. The number of ether oxygens (including phenoxy) is 1. The van der Waals surface area contributed by atoms with Gasteiger partial charge in [-0.15, -0.1) is 0 Å². The average Bonchev–Trinajstić information content (AvgIpc) is 2.25. The fraction of sp³-hybridized carbons (Fsp3) is 0.333. The van der Waals surface area contributed by atoms with E-state index in [0.29, 0.717) is 30.8 Å². The number of carbonyl (C=O) groups is 1. The first-order valence-electron chi connectivity index (χ1n) is 4.85. The fourth-order valence-corrected chi connectivity index (χ4v) is 1.22. The van der Waals surface area contributed by atoms with Gasteiger partial charge in [-0.2, -0.15) is 5.26 Å². The maximum atomic E-state index is 11.2. The molecule has 0 atom stereocenters. The lowest BCUT2D eigenvalue weighted by Crippen LogP contribution is -2.02. The predicted octanol–water partition coefficient (Wildman–Crippen LogP) is 2.57. The summed E-state index contributed by atoms with van der Waals surface area (Å²) in [5.41, 5.74) is 0.592. The number of nitrogens with zero attached hydrogens (tertiary/aromatic N) is 1. The van der Waals surface area contributed by atoms with Gasteiger partial charge in [-0.3, -0.25) is 4.79 Å². The molecule has 0 radical (unpaired) electrons. The van der Waals surface area contributed by atoms with Crippen molar-refractivity contribution in [1.82, 2.24) is 0 Å². The van der Waals surface area contributed by atoms with Crippen LogP contribution in [0.2, 0.25) is 0 Å². The third-order valence-corrected chi connectivity index (χ3v) is 1.96. The normalized spacial score (nSPS) is 9.33. The summed E-state index contributed by atoms with van der Waals surface area (Å²) in [4.78, 5) is 11.2. The van der Waals surface area contributed by atoms with Gasteiger partial charge in [0.15, 0.2) is 5.78 Å². The first-order valence-corrected chi connectivity index (χ1v) is 4.85. The van der Waals surface area contributed by atoms with E-state index in [0.717, 1.165) is 0 Å². The summed E-state index contributed by atoms with van der Waals surface area (Å²) in [5.74, 6) is 0.592. The minimum Gasteiger partial charge on any atom is -0.493 e. The van der Waals surface area contributed by atoms with E-state index in [1.165, 1.54) is 6.92 Å². The number of para-hydroxylation sites is 1. The van der Waals surface area contributed by atoms with E-state index in [1.807, 2.05) is 12.1 Å². The molecule has 0 saturated carbocycles. The molecule has 0 unspecified atom stereocenters. The zero-order valence-corrected chi connectivity index (χ0v) is 8.69. The second-order valence-corrected chi connectivity index (χ2v) is 3.16. The second kappa shape index (κ2) is 5.82. The Morgan fingerprint density at radius 1 is 1.47 bits per heavy atom. The molecule has 0 aliphatic heterocycles. The average molecular weight is 203 g/mol. The highest BCUT2D eigenvalue weighted by Crippen LogP contribution is 2.18. The monoisotopic (exact) mass is 203 g/mol. The molecule has 0 aliphatic rings. The van der Waals surface area contributed by atoms with Gasteiger partial charge in [-0.25, -0.2) is 0 Å². The molecule has 0 aliphatic carbocycles. The lowest BCUT2D eigenvalue weighted by Gasteiger charge is -2.08. The topological polar surface area (TPSA) is 50.1 Å². The van der Waals surface area contributed by atoms with Crippen LogP contribution in [-0.4, -0.2) is 12.4 Å².